The zero-order valence-electron chi connectivity index (χ0n) is 18.3. The number of fused-ring (bicyclic) bond motifs is 1. The summed E-state index contributed by atoms with van der Waals surface area (Å²) in [5.74, 6) is 1.31. The Labute approximate surface area is 176 Å². The van der Waals surface area contributed by atoms with Crippen LogP contribution >= 0.6 is 0 Å². The normalized spacial score (nSPS) is 25.7. The molecule has 2 amide bonds. The van der Waals surface area contributed by atoms with Crippen LogP contribution in [0.2, 0.25) is 0 Å². The molecule has 2 aliphatic rings. The van der Waals surface area contributed by atoms with Crippen molar-refractivity contribution in [2.75, 3.05) is 13.1 Å². The molecule has 0 radical (unpaired) electrons. The molecule has 2 fully saturated rings. The largest absolute Gasteiger partial charge is 0.349 e. The van der Waals surface area contributed by atoms with Gasteiger partial charge in [0.25, 0.3) is 5.91 Å². The first-order valence-corrected chi connectivity index (χ1v) is 10.7. The minimum Gasteiger partial charge on any atom is -0.349 e. The lowest BCUT2D eigenvalue weighted by atomic mass is 9.80. The van der Waals surface area contributed by atoms with E-state index < -0.39 is 5.41 Å². The molecule has 1 unspecified atom stereocenters. The number of amides is 2. The van der Waals surface area contributed by atoms with E-state index in [0.717, 1.165) is 18.7 Å². The maximum absolute atomic E-state index is 12.9. The number of hydrogen-bond acceptors (Lipinski definition) is 6. The predicted octanol–water partition coefficient (Wildman–Crippen LogP) is 1.85. The summed E-state index contributed by atoms with van der Waals surface area (Å²) in [5.41, 5.74) is 0.920. The molecule has 1 saturated heterocycles. The number of aromatic nitrogens is 4. The lowest BCUT2D eigenvalue weighted by Gasteiger charge is -2.26. The average molecular weight is 415 g/mol. The van der Waals surface area contributed by atoms with Crippen molar-refractivity contribution in [1.29, 1.82) is 0 Å². The molecule has 0 aromatic carbocycles. The molecule has 0 bridgehead atoms. The SMILES string of the molecule is CCn1cc(C(=O)N[C@@H]2CC3CN(C(=O)C(C)C)C[C@@]3(c3nc(C)no3)C2)c(C)n1. The molecule has 1 aliphatic carbocycles. The van der Waals surface area contributed by atoms with Gasteiger partial charge in [-0.3, -0.25) is 14.3 Å². The highest BCUT2D eigenvalue weighted by Gasteiger charge is 2.58. The highest BCUT2D eigenvalue weighted by atomic mass is 16.5. The minimum atomic E-state index is -0.410. The zero-order chi connectivity index (χ0) is 21.6. The van der Waals surface area contributed by atoms with Crippen molar-refractivity contribution in [3.05, 3.63) is 29.2 Å². The Kier molecular flexibility index (Phi) is 5.15. The van der Waals surface area contributed by atoms with Gasteiger partial charge in [0.05, 0.1) is 16.7 Å². The van der Waals surface area contributed by atoms with Crippen LogP contribution in [-0.2, 0) is 16.8 Å². The first kappa shape index (κ1) is 20.6. The van der Waals surface area contributed by atoms with Crippen molar-refractivity contribution in [2.45, 2.75) is 65.5 Å². The Morgan fingerprint density at radius 1 is 1.37 bits per heavy atom. The Balaban J connectivity index is 1.55. The van der Waals surface area contributed by atoms with Gasteiger partial charge in [0, 0.05) is 37.8 Å². The minimum absolute atomic E-state index is 0.0182. The van der Waals surface area contributed by atoms with Crippen molar-refractivity contribution < 1.29 is 14.1 Å². The summed E-state index contributed by atoms with van der Waals surface area (Å²) in [6.07, 6.45) is 3.24. The van der Waals surface area contributed by atoms with Gasteiger partial charge < -0.3 is 14.7 Å². The summed E-state index contributed by atoms with van der Waals surface area (Å²) in [5, 5.41) is 11.5. The lowest BCUT2D eigenvalue weighted by molar-refractivity contribution is -0.133. The smallest absolute Gasteiger partial charge is 0.254 e. The molecule has 3 atom stereocenters. The number of hydrogen-bond donors (Lipinski definition) is 1. The van der Waals surface area contributed by atoms with Gasteiger partial charge in [-0.15, -0.1) is 0 Å². The Morgan fingerprint density at radius 2 is 2.13 bits per heavy atom. The molecular weight excluding hydrogens is 384 g/mol. The van der Waals surface area contributed by atoms with Crippen LogP contribution in [0.25, 0.3) is 0 Å². The van der Waals surface area contributed by atoms with Crippen LogP contribution in [-0.4, -0.2) is 55.8 Å². The van der Waals surface area contributed by atoms with Gasteiger partial charge in [-0.1, -0.05) is 19.0 Å². The van der Waals surface area contributed by atoms with Crippen molar-refractivity contribution in [2.24, 2.45) is 11.8 Å². The van der Waals surface area contributed by atoms with Gasteiger partial charge in [-0.25, -0.2) is 0 Å². The predicted molar refractivity (Wildman–Crippen MR) is 109 cm³/mol. The molecule has 9 nitrogen and oxygen atoms in total. The van der Waals surface area contributed by atoms with E-state index in [4.69, 9.17) is 4.52 Å². The third kappa shape index (κ3) is 3.40. The number of aryl methyl sites for hydroxylation is 3. The second-order valence-corrected chi connectivity index (χ2v) is 8.97. The van der Waals surface area contributed by atoms with Crippen molar-refractivity contribution in [3.63, 3.8) is 0 Å². The first-order valence-electron chi connectivity index (χ1n) is 10.7. The van der Waals surface area contributed by atoms with E-state index in [9.17, 15) is 9.59 Å². The van der Waals surface area contributed by atoms with Crippen LogP contribution in [0.4, 0.5) is 0 Å². The number of nitrogens with zero attached hydrogens (tertiary/aromatic N) is 5. The topological polar surface area (TPSA) is 106 Å². The molecule has 4 rings (SSSR count). The summed E-state index contributed by atoms with van der Waals surface area (Å²) in [6, 6.07) is -0.0182. The van der Waals surface area contributed by atoms with E-state index in [1.807, 2.05) is 32.6 Å². The summed E-state index contributed by atoms with van der Waals surface area (Å²) in [6.45, 7) is 11.4. The third-order valence-electron chi connectivity index (χ3n) is 6.48. The molecule has 3 heterocycles. The fourth-order valence-electron chi connectivity index (χ4n) is 5.01. The van der Waals surface area contributed by atoms with Crippen LogP contribution in [0.1, 0.15) is 61.4 Å². The Hall–Kier alpha value is -2.71. The standard InChI is InChI=1S/C21H30N6O3/c1-6-27-10-17(13(4)24-27)18(28)23-16-7-15-9-26(19(29)12(2)3)11-21(15,8-16)20-22-14(5)25-30-20/h10,12,15-16H,6-9,11H2,1-5H3,(H,23,28)/t15?,16-,21+/m1/s1. The highest BCUT2D eigenvalue weighted by molar-refractivity contribution is 5.95. The molecule has 1 saturated carbocycles. The second kappa shape index (κ2) is 7.52. The van der Waals surface area contributed by atoms with Gasteiger partial charge in [-0.2, -0.15) is 10.1 Å². The molecule has 2 aromatic heterocycles. The molecule has 0 spiro atoms. The van der Waals surface area contributed by atoms with E-state index >= 15 is 0 Å². The number of carbonyl (C=O) groups excluding carboxylic acids is 2. The second-order valence-electron chi connectivity index (χ2n) is 8.97. The molecule has 30 heavy (non-hydrogen) atoms. The molecule has 1 aliphatic heterocycles. The van der Waals surface area contributed by atoms with E-state index in [2.05, 4.69) is 20.6 Å². The molecule has 1 N–H and O–H groups in total. The monoisotopic (exact) mass is 414 g/mol. The Morgan fingerprint density at radius 3 is 2.73 bits per heavy atom. The van der Waals surface area contributed by atoms with Crippen LogP contribution in [0.3, 0.4) is 0 Å². The molecule has 162 valence electrons. The fourth-order valence-corrected chi connectivity index (χ4v) is 5.01. The van der Waals surface area contributed by atoms with E-state index in [0.29, 0.717) is 36.8 Å². The van der Waals surface area contributed by atoms with Gasteiger partial charge in [0.2, 0.25) is 11.8 Å². The summed E-state index contributed by atoms with van der Waals surface area (Å²) >= 11 is 0. The summed E-state index contributed by atoms with van der Waals surface area (Å²) in [4.78, 5) is 32.0. The van der Waals surface area contributed by atoms with Gasteiger partial charge in [0.15, 0.2) is 5.82 Å². The van der Waals surface area contributed by atoms with Crippen molar-refractivity contribution in [1.82, 2.24) is 30.1 Å². The average Bonchev–Trinajstić information content (AvgIpc) is 3.43. The summed E-state index contributed by atoms with van der Waals surface area (Å²) in [7, 11) is 0. The number of carbonyl (C=O) groups is 2. The van der Waals surface area contributed by atoms with Gasteiger partial charge >= 0.3 is 0 Å². The molecular formula is C21H30N6O3. The maximum Gasteiger partial charge on any atom is 0.254 e. The van der Waals surface area contributed by atoms with Crippen LogP contribution in [0, 0.1) is 25.7 Å². The van der Waals surface area contributed by atoms with E-state index in [1.54, 1.807) is 17.8 Å². The lowest BCUT2D eigenvalue weighted by Crippen LogP contribution is -2.40. The Bertz CT molecular complexity index is 964. The zero-order valence-corrected chi connectivity index (χ0v) is 18.3. The van der Waals surface area contributed by atoms with Crippen LogP contribution in [0.5, 0.6) is 0 Å². The van der Waals surface area contributed by atoms with Gasteiger partial charge in [-0.05, 0) is 39.5 Å². The summed E-state index contributed by atoms with van der Waals surface area (Å²) < 4.78 is 7.36. The van der Waals surface area contributed by atoms with Crippen LogP contribution < -0.4 is 5.32 Å². The molecule has 9 heteroatoms. The third-order valence-corrected chi connectivity index (χ3v) is 6.48. The number of nitrogens with one attached hydrogen (secondary N) is 1. The van der Waals surface area contributed by atoms with E-state index in [-0.39, 0.29) is 29.7 Å². The first-order chi connectivity index (χ1) is 14.2. The van der Waals surface area contributed by atoms with Crippen molar-refractivity contribution in [3.8, 4) is 0 Å². The van der Waals surface area contributed by atoms with Crippen LogP contribution in [0.15, 0.2) is 10.7 Å². The number of likely N-dealkylation sites (tertiary alicyclic amines) is 1. The highest BCUT2D eigenvalue weighted by Crippen LogP contribution is 2.50. The molecule has 2 aromatic rings. The van der Waals surface area contributed by atoms with Gasteiger partial charge in [0.1, 0.15) is 0 Å². The fraction of sp³-hybridized carbons (Fsp3) is 0.667. The van der Waals surface area contributed by atoms with E-state index in [1.165, 1.54) is 0 Å². The maximum atomic E-state index is 12.9. The van der Waals surface area contributed by atoms with Crippen molar-refractivity contribution >= 4 is 11.8 Å². The number of rotatable bonds is 5. The quantitative estimate of drug-likeness (QED) is 0.800.